The van der Waals surface area contributed by atoms with Crippen molar-refractivity contribution >= 4 is 5.96 Å². The Hall–Kier alpha value is -0.810. The molecule has 23 heavy (non-hydrogen) atoms. The van der Waals surface area contributed by atoms with Gasteiger partial charge in [-0.2, -0.15) is 0 Å². The molecule has 1 saturated heterocycles. The maximum atomic E-state index is 5.07. The fourth-order valence-corrected chi connectivity index (χ4v) is 2.87. The molecule has 5 heteroatoms. The van der Waals surface area contributed by atoms with Gasteiger partial charge < -0.3 is 20.3 Å². The number of methoxy groups -OCH3 is 1. The van der Waals surface area contributed by atoms with Crippen LogP contribution >= 0.6 is 0 Å². The number of rotatable bonds is 11. The zero-order valence-corrected chi connectivity index (χ0v) is 15.6. The van der Waals surface area contributed by atoms with E-state index in [1.807, 2.05) is 0 Å². The van der Waals surface area contributed by atoms with Crippen LogP contribution in [0.5, 0.6) is 0 Å². The van der Waals surface area contributed by atoms with E-state index in [1.165, 1.54) is 45.3 Å². The zero-order valence-electron chi connectivity index (χ0n) is 15.6. The molecule has 0 aromatic carbocycles. The first-order valence-electron chi connectivity index (χ1n) is 9.49. The Kier molecular flexibility index (Phi) is 12.0. The molecule has 1 aliphatic rings. The number of nitrogens with zero attached hydrogens (tertiary/aromatic N) is 2. The summed E-state index contributed by atoms with van der Waals surface area (Å²) in [5.74, 6) is 1.88. The highest BCUT2D eigenvalue weighted by molar-refractivity contribution is 5.79. The predicted molar refractivity (Wildman–Crippen MR) is 99.2 cm³/mol. The van der Waals surface area contributed by atoms with Crippen LogP contribution in [-0.4, -0.2) is 63.8 Å². The fraction of sp³-hybridized carbons (Fsp3) is 0.944. The van der Waals surface area contributed by atoms with Gasteiger partial charge in [-0.25, -0.2) is 0 Å². The van der Waals surface area contributed by atoms with Gasteiger partial charge >= 0.3 is 0 Å². The number of piperidine rings is 1. The van der Waals surface area contributed by atoms with E-state index < -0.39 is 0 Å². The number of unbranched alkanes of at least 4 members (excludes halogenated alkanes) is 2. The number of guanidine groups is 1. The van der Waals surface area contributed by atoms with E-state index in [0.717, 1.165) is 51.0 Å². The van der Waals surface area contributed by atoms with Crippen molar-refractivity contribution in [3.8, 4) is 0 Å². The van der Waals surface area contributed by atoms with Gasteiger partial charge in [-0.3, -0.25) is 4.99 Å². The Labute approximate surface area is 143 Å². The molecule has 1 rings (SSSR count). The Morgan fingerprint density at radius 3 is 2.61 bits per heavy atom. The summed E-state index contributed by atoms with van der Waals surface area (Å²) in [6.07, 6.45) is 7.37. The first-order valence-corrected chi connectivity index (χ1v) is 9.49. The number of likely N-dealkylation sites (tertiary alicyclic amines) is 1. The van der Waals surface area contributed by atoms with Crippen molar-refractivity contribution in [2.75, 3.05) is 53.0 Å². The fourth-order valence-electron chi connectivity index (χ4n) is 2.87. The Morgan fingerprint density at radius 1 is 1.13 bits per heavy atom. The second kappa shape index (κ2) is 13.6. The predicted octanol–water partition coefficient (Wildman–Crippen LogP) is 2.48. The summed E-state index contributed by atoms with van der Waals surface area (Å²) in [6.45, 7) is 11.9. The Morgan fingerprint density at radius 2 is 1.91 bits per heavy atom. The minimum atomic E-state index is 0.865. The van der Waals surface area contributed by atoms with Gasteiger partial charge in [0.1, 0.15) is 0 Å². The second-order valence-electron chi connectivity index (χ2n) is 6.62. The van der Waals surface area contributed by atoms with E-state index in [9.17, 15) is 0 Å². The van der Waals surface area contributed by atoms with Crippen molar-refractivity contribution in [1.29, 1.82) is 0 Å². The summed E-state index contributed by atoms with van der Waals surface area (Å²) in [4.78, 5) is 7.28. The summed E-state index contributed by atoms with van der Waals surface area (Å²) >= 11 is 0. The van der Waals surface area contributed by atoms with Crippen molar-refractivity contribution in [3.63, 3.8) is 0 Å². The van der Waals surface area contributed by atoms with Crippen molar-refractivity contribution in [2.45, 2.75) is 52.4 Å². The number of nitrogens with one attached hydrogen (secondary N) is 2. The number of aliphatic imine (C=N–C) groups is 1. The molecule has 0 aromatic heterocycles. The van der Waals surface area contributed by atoms with Crippen LogP contribution in [-0.2, 0) is 4.74 Å². The van der Waals surface area contributed by atoms with Crippen molar-refractivity contribution < 1.29 is 4.74 Å². The van der Waals surface area contributed by atoms with Crippen molar-refractivity contribution in [1.82, 2.24) is 15.5 Å². The molecule has 1 fully saturated rings. The number of ether oxygens (including phenoxy) is 1. The standard InChI is InChI=1S/C18H38N4O/c1-4-19-18(20-11-6-5-7-16-23-3)21-12-8-13-22-14-9-17(2)10-15-22/h17H,4-16H2,1-3H3,(H2,19,20,21). The average molecular weight is 327 g/mol. The molecule has 1 aliphatic heterocycles. The molecule has 136 valence electrons. The van der Waals surface area contributed by atoms with Gasteiger partial charge in [0.2, 0.25) is 0 Å². The zero-order chi connectivity index (χ0) is 16.8. The lowest BCUT2D eigenvalue weighted by atomic mass is 9.99. The molecule has 0 bridgehead atoms. The topological polar surface area (TPSA) is 48.9 Å². The third-order valence-corrected chi connectivity index (χ3v) is 4.44. The number of hydrogen-bond acceptors (Lipinski definition) is 3. The lowest BCUT2D eigenvalue weighted by Crippen LogP contribution is -2.38. The molecule has 0 aromatic rings. The van der Waals surface area contributed by atoms with Crippen molar-refractivity contribution in [2.24, 2.45) is 10.9 Å². The Bertz CT molecular complexity index is 301. The van der Waals surface area contributed by atoms with Crippen LogP contribution in [0.25, 0.3) is 0 Å². The lowest BCUT2D eigenvalue weighted by Gasteiger charge is -2.29. The summed E-state index contributed by atoms with van der Waals surface area (Å²) in [7, 11) is 1.76. The lowest BCUT2D eigenvalue weighted by molar-refractivity contribution is 0.191. The molecule has 0 amide bonds. The van der Waals surface area contributed by atoms with Crippen LogP contribution < -0.4 is 10.6 Å². The molecular weight excluding hydrogens is 288 g/mol. The monoisotopic (exact) mass is 326 g/mol. The molecule has 0 unspecified atom stereocenters. The number of hydrogen-bond donors (Lipinski definition) is 2. The summed E-state index contributed by atoms with van der Waals surface area (Å²) in [6, 6.07) is 0. The first-order chi connectivity index (χ1) is 11.3. The third-order valence-electron chi connectivity index (χ3n) is 4.44. The maximum Gasteiger partial charge on any atom is 0.191 e. The van der Waals surface area contributed by atoms with E-state index in [2.05, 4.69) is 34.4 Å². The van der Waals surface area contributed by atoms with Gasteiger partial charge in [-0.05, 0) is 71.0 Å². The first kappa shape index (κ1) is 20.2. The Balaban J connectivity index is 2.10. The molecule has 0 aliphatic carbocycles. The van der Waals surface area contributed by atoms with E-state index in [1.54, 1.807) is 7.11 Å². The quantitative estimate of drug-likeness (QED) is 0.348. The van der Waals surface area contributed by atoms with E-state index >= 15 is 0 Å². The van der Waals surface area contributed by atoms with E-state index in [-0.39, 0.29) is 0 Å². The van der Waals surface area contributed by atoms with Gasteiger partial charge in [-0.1, -0.05) is 6.92 Å². The van der Waals surface area contributed by atoms with Crippen molar-refractivity contribution in [3.05, 3.63) is 0 Å². The molecule has 2 N–H and O–H groups in total. The highest BCUT2D eigenvalue weighted by Crippen LogP contribution is 2.15. The van der Waals surface area contributed by atoms with Crippen LogP contribution in [0.2, 0.25) is 0 Å². The van der Waals surface area contributed by atoms with Crippen LogP contribution in [0.15, 0.2) is 4.99 Å². The van der Waals surface area contributed by atoms with Crippen LogP contribution in [0.1, 0.15) is 52.4 Å². The van der Waals surface area contributed by atoms with E-state index in [4.69, 9.17) is 4.74 Å². The van der Waals surface area contributed by atoms with Gasteiger partial charge in [0.05, 0.1) is 0 Å². The summed E-state index contributed by atoms with van der Waals surface area (Å²) in [5.41, 5.74) is 0. The largest absolute Gasteiger partial charge is 0.385 e. The van der Waals surface area contributed by atoms with Gasteiger partial charge in [0, 0.05) is 33.4 Å². The van der Waals surface area contributed by atoms with E-state index in [0.29, 0.717) is 0 Å². The highest BCUT2D eigenvalue weighted by Gasteiger charge is 2.14. The molecule has 0 radical (unpaired) electrons. The van der Waals surface area contributed by atoms with Gasteiger partial charge in [0.25, 0.3) is 0 Å². The van der Waals surface area contributed by atoms with Crippen LogP contribution in [0.3, 0.4) is 0 Å². The average Bonchev–Trinajstić information content (AvgIpc) is 2.56. The van der Waals surface area contributed by atoms with Gasteiger partial charge in [0.15, 0.2) is 5.96 Å². The second-order valence-corrected chi connectivity index (χ2v) is 6.62. The molecule has 0 spiro atoms. The van der Waals surface area contributed by atoms with Crippen LogP contribution in [0.4, 0.5) is 0 Å². The molecule has 1 heterocycles. The minimum absolute atomic E-state index is 0.865. The highest BCUT2D eigenvalue weighted by atomic mass is 16.5. The summed E-state index contributed by atoms with van der Waals surface area (Å²) < 4.78 is 5.07. The molecule has 0 atom stereocenters. The van der Waals surface area contributed by atoms with Gasteiger partial charge in [-0.15, -0.1) is 0 Å². The maximum absolute atomic E-state index is 5.07. The van der Waals surface area contributed by atoms with Crippen LogP contribution in [0, 0.1) is 5.92 Å². The summed E-state index contributed by atoms with van der Waals surface area (Å²) in [5, 5.41) is 6.76. The molecular formula is C18H38N4O. The molecule has 0 saturated carbocycles. The molecule has 5 nitrogen and oxygen atoms in total. The third kappa shape index (κ3) is 10.6. The SMILES string of the molecule is CCNC(=NCCCN1CCC(C)CC1)NCCCCCOC. The smallest absolute Gasteiger partial charge is 0.191 e. The minimum Gasteiger partial charge on any atom is -0.385 e. The normalized spacial score (nSPS) is 17.4.